The van der Waals surface area contributed by atoms with Gasteiger partial charge in [0.1, 0.15) is 0 Å². The quantitative estimate of drug-likeness (QED) is 0.723. The highest BCUT2D eigenvalue weighted by Gasteiger charge is 2.06. The number of H-pyrrole nitrogens is 1. The van der Waals surface area contributed by atoms with Gasteiger partial charge in [0, 0.05) is 9.86 Å². The van der Waals surface area contributed by atoms with Crippen molar-refractivity contribution in [2.24, 2.45) is 0 Å². The number of aromatic nitrogens is 2. The first kappa shape index (κ1) is 7.61. The van der Waals surface area contributed by atoms with Crippen molar-refractivity contribution in [1.82, 2.24) is 10.2 Å². The lowest BCUT2D eigenvalue weighted by Crippen LogP contribution is -1.86. The van der Waals surface area contributed by atoms with Crippen LogP contribution < -0.4 is 5.73 Å². The molecule has 0 atom stereocenters. The Labute approximate surface area is 78.1 Å². The number of nitrogen functional groups attached to an aromatic ring is 1. The molecule has 1 aromatic carbocycles. The molecule has 0 spiro atoms. The summed E-state index contributed by atoms with van der Waals surface area (Å²) in [6.45, 7) is 2.01. The third-order valence-electron chi connectivity index (χ3n) is 1.95. The molecule has 3 nitrogen and oxygen atoms in total. The first-order valence-corrected chi connectivity index (χ1v) is 4.38. The molecule has 2 rings (SSSR count). The summed E-state index contributed by atoms with van der Waals surface area (Å²) >= 11 is 3.44. The van der Waals surface area contributed by atoms with Crippen LogP contribution in [0, 0.1) is 6.92 Å². The molecular formula is C8H8BrN3. The average molecular weight is 226 g/mol. The van der Waals surface area contributed by atoms with Gasteiger partial charge in [-0.05, 0) is 24.6 Å². The second-order valence-electron chi connectivity index (χ2n) is 2.70. The van der Waals surface area contributed by atoms with Crippen LogP contribution in [0.1, 0.15) is 5.56 Å². The molecule has 0 fully saturated rings. The smallest absolute Gasteiger partial charge is 0.153 e. The molecule has 1 heterocycles. The van der Waals surface area contributed by atoms with E-state index in [4.69, 9.17) is 5.73 Å². The van der Waals surface area contributed by atoms with E-state index in [-0.39, 0.29) is 0 Å². The van der Waals surface area contributed by atoms with E-state index >= 15 is 0 Å². The standard InChI is InChI=1S/C8H8BrN3/c1-4-5(9)2-3-6-7(4)8(10)12-11-6/h2-3H,1H3,(H3,10,11,12). The molecule has 0 radical (unpaired) electrons. The Hall–Kier alpha value is -1.03. The number of rotatable bonds is 0. The second kappa shape index (κ2) is 2.48. The number of aryl methyl sites for hydroxylation is 1. The third kappa shape index (κ3) is 0.914. The minimum atomic E-state index is 0.559. The molecule has 1 aromatic heterocycles. The van der Waals surface area contributed by atoms with Crippen LogP contribution >= 0.6 is 15.9 Å². The number of anilines is 1. The van der Waals surface area contributed by atoms with Crippen LogP contribution in [0.5, 0.6) is 0 Å². The largest absolute Gasteiger partial charge is 0.382 e. The summed E-state index contributed by atoms with van der Waals surface area (Å²) in [5, 5.41) is 7.79. The van der Waals surface area contributed by atoms with E-state index in [9.17, 15) is 0 Å². The van der Waals surface area contributed by atoms with Gasteiger partial charge in [-0.1, -0.05) is 15.9 Å². The Balaban J connectivity index is 2.96. The highest BCUT2D eigenvalue weighted by Crippen LogP contribution is 2.27. The fourth-order valence-corrected chi connectivity index (χ4v) is 1.62. The van der Waals surface area contributed by atoms with Crippen LogP contribution in [-0.2, 0) is 0 Å². The number of aromatic amines is 1. The molecule has 0 amide bonds. The van der Waals surface area contributed by atoms with E-state index in [2.05, 4.69) is 26.1 Å². The number of hydrogen-bond donors (Lipinski definition) is 2. The molecule has 0 aliphatic carbocycles. The number of nitrogens with two attached hydrogens (primary N) is 1. The first-order chi connectivity index (χ1) is 5.70. The molecule has 0 aliphatic heterocycles. The zero-order valence-corrected chi connectivity index (χ0v) is 8.14. The van der Waals surface area contributed by atoms with Gasteiger partial charge in [-0.15, -0.1) is 0 Å². The lowest BCUT2D eigenvalue weighted by molar-refractivity contribution is 1.13. The van der Waals surface area contributed by atoms with Crippen LogP contribution in [0.2, 0.25) is 0 Å². The number of hydrogen-bond acceptors (Lipinski definition) is 2. The van der Waals surface area contributed by atoms with Crippen molar-refractivity contribution >= 4 is 32.7 Å². The molecular weight excluding hydrogens is 218 g/mol. The zero-order valence-electron chi connectivity index (χ0n) is 6.56. The normalized spacial score (nSPS) is 10.8. The van der Waals surface area contributed by atoms with E-state index in [1.807, 2.05) is 19.1 Å². The summed E-state index contributed by atoms with van der Waals surface area (Å²) < 4.78 is 1.06. The highest BCUT2D eigenvalue weighted by atomic mass is 79.9. The van der Waals surface area contributed by atoms with Crippen molar-refractivity contribution < 1.29 is 0 Å². The summed E-state index contributed by atoms with van der Waals surface area (Å²) in [6, 6.07) is 3.94. The molecule has 0 bridgehead atoms. The molecule has 3 N–H and O–H groups in total. The van der Waals surface area contributed by atoms with Gasteiger partial charge in [-0.3, -0.25) is 5.10 Å². The SMILES string of the molecule is Cc1c(Br)ccc2[nH]nc(N)c12. The summed E-state index contributed by atoms with van der Waals surface area (Å²) in [4.78, 5) is 0. The van der Waals surface area contributed by atoms with E-state index in [1.54, 1.807) is 0 Å². The Morgan fingerprint density at radius 2 is 2.25 bits per heavy atom. The first-order valence-electron chi connectivity index (χ1n) is 3.59. The van der Waals surface area contributed by atoms with E-state index in [0.29, 0.717) is 5.82 Å². The Kier molecular flexibility index (Phi) is 1.58. The van der Waals surface area contributed by atoms with Crippen molar-refractivity contribution in [2.75, 3.05) is 5.73 Å². The second-order valence-corrected chi connectivity index (χ2v) is 3.56. The van der Waals surface area contributed by atoms with Crippen molar-refractivity contribution in [3.8, 4) is 0 Å². The molecule has 0 saturated carbocycles. The Morgan fingerprint density at radius 3 is 3.00 bits per heavy atom. The van der Waals surface area contributed by atoms with Crippen molar-refractivity contribution in [2.45, 2.75) is 6.92 Å². The van der Waals surface area contributed by atoms with E-state index in [1.165, 1.54) is 0 Å². The van der Waals surface area contributed by atoms with E-state index in [0.717, 1.165) is 20.9 Å². The Morgan fingerprint density at radius 1 is 1.50 bits per heavy atom. The number of benzene rings is 1. The van der Waals surface area contributed by atoms with Gasteiger partial charge in [-0.25, -0.2) is 0 Å². The fourth-order valence-electron chi connectivity index (χ4n) is 1.29. The predicted octanol–water partition coefficient (Wildman–Crippen LogP) is 2.22. The van der Waals surface area contributed by atoms with Gasteiger partial charge in [0.15, 0.2) is 5.82 Å². The van der Waals surface area contributed by atoms with Gasteiger partial charge in [0.25, 0.3) is 0 Å². The van der Waals surface area contributed by atoms with Crippen molar-refractivity contribution in [3.63, 3.8) is 0 Å². The minimum Gasteiger partial charge on any atom is -0.382 e. The molecule has 2 aromatic rings. The van der Waals surface area contributed by atoms with E-state index < -0.39 is 0 Å². The summed E-state index contributed by atoms with van der Waals surface area (Å²) in [6.07, 6.45) is 0. The lowest BCUT2D eigenvalue weighted by Gasteiger charge is -1.98. The number of nitrogens with zero attached hydrogens (tertiary/aromatic N) is 1. The summed E-state index contributed by atoms with van der Waals surface area (Å²) in [5.74, 6) is 0.559. The molecule has 62 valence electrons. The number of fused-ring (bicyclic) bond motifs is 1. The molecule has 0 saturated heterocycles. The van der Waals surface area contributed by atoms with Crippen molar-refractivity contribution in [3.05, 3.63) is 22.2 Å². The Bertz CT molecular complexity index is 433. The zero-order chi connectivity index (χ0) is 8.72. The topological polar surface area (TPSA) is 54.7 Å². The van der Waals surface area contributed by atoms with Gasteiger partial charge in [0.2, 0.25) is 0 Å². The maximum absolute atomic E-state index is 5.68. The van der Waals surface area contributed by atoms with Gasteiger partial charge < -0.3 is 5.73 Å². The molecule has 0 unspecified atom stereocenters. The maximum atomic E-state index is 5.68. The van der Waals surface area contributed by atoms with Crippen LogP contribution in [0.3, 0.4) is 0 Å². The van der Waals surface area contributed by atoms with Crippen molar-refractivity contribution in [1.29, 1.82) is 0 Å². The minimum absolute atomic E-state index is 0.559. The van der Waals surface area contributed by atoms with Crippen LogP contribution in [0.25, 0.3) is 10.9 Å². The van der Waals surface area contributed by atoms with Crippen LogP contribution in [0.4, 0.5) is 5.82 Å². The maximum Gasteiger partial charge on any atom is 0.153 e. The summed E-state index contributed by atoms with van der Waals surface area (Å²) in [5.41, 5.74) is 7.79. The highest BCUT2D eigenvalue weighted by molar-refractivity contribution is 9.10. The van der Waals surface area contributed by atoms with Gasteiger partial charge in [-0.2, -0.15) is 5.10 Å². The summed E-state index contributed by atoms with van der Waals surface area (Å²) in [7, 11) is 0. The van der Waals surface area contributed by atoms with Gasteiger partial charge >= 0.3 is 0 Å². The third-order valence-corrected chi connectivity index (χ3v) is 2.81. The number of halogens is 1. The fraction of sp³-hybridized carbons (Fsp3) is 0.125. The predicted molar refractivity (Wildman–Crippen MR) is 52.9 cm³/mol. The molecule has 12 heavy (non-hydrogen) atoms. The lowest BCUT2D eigenvalue weighted by atomic mass is 10.1. The van der Waals surface area contributed by atoms with Crippen LogP contribution in [0.15, 0.2) is 16.6 Å². The average Bonchev–Trinajstić information content (AvgIpc) is 2.41. The van der Waals surface area contributed by atoms with Crippen LogP contribution in [-0.4, -0.2) is 10.2 Å². The molecule has 4 heteroatoms. The van der Waals surface area contributed by atoms with Gasteiger partial charge in [0.05, 0.1) is 5.52 Å². The monoisotopic (exact) mass is 225 g/mol. The molecule has 0 aliphatic rings. The number of nitrogens with one attached hydrogen (secondary N) is 1.